The van der Waals surface area contributed by atoms with Gasteiger partial charge < -0.3 is 14.4 Å². The van der Waals surface area contributed by atoms with Crippen molar-refractivity contribution in [3.8, 4) is 11.5 Å². The van der Waals surface area contributed by atoms with Gasteiger partial charge in [0.1, 0.15) is 0 Å². The number of likely N-dealkylation sites (tertiary alicyclic amines) is 1. The highest BCUT2D eigenvalue weighted by Crippen LogP contribution is 2.32. The maximum Gasteiger partial charge on any atom is 0.231 e. The van der Waals surface area contributed by atoms with E-state index < -0.39 is 0 Å². The van der Waals surface area contributed by atoms with E-state index in [0.29, 0.717) is 12.7 Å². The summed E-state index contributed by atoms with van der Waals surface area (Å²) in [6.45, 7) is 2.29. The number of unbranched alkanes of at least 4 members (excludes halogenated alkanes) is 5. The van der Waals surface area contributed by atoms with E-state index in [0.717, 1.165) is 49.4 Å². The largest absolute Gasteiger partial charge is 0.454 e. The van der Waals surface area contributed by atoms with E-state index in [2.05, 4.69) is 18.2 Å². The fourth-order valence-corrected chi connectivity index (χ4v) is 3.43. The molecular formula is C21H29NO3. The zero-order valence-electron chi connectivity index (χ0n) is 15.0. The lowest BCUT2D eigenvalue weighted by Gasteiger charge is -2.14. The molecule has 1 saturated heterocycles. The summed E-state index contributed by atoms with van der Waals surface area (Å²) in [5.74, 6) is 2.04. The summed E-state index contributed by atoms with van der Waals surface area (Å²) < 4.78 is 10.7. The summed E-state index contributed by atoms with van der Waals surface area (Å²) in [7, 11) is 0. The van der Waals surface area contributed by atoms with Crippen LogP contribution in [-0.4, -0.2) is 30.7 Å². The summed E-state index contributed by atoms with van der Waals surface area (Å²) in [6.07, 6.45) is 14.5. The molecule has 2 aliphatic rings. The number of carbonyl (C=O) groups is 1. The number of fused-ring (bicyclic) bond motifs is 1. The molecular weight excluding hydrogens is 314 g/mol. The number of ether oxygens (including phenoxy) is 2. The summed E-state index contributed by atoms with van der Waals surface area (Å²) in [6, 6.07) is 6.04. The number of hydrogen-bond acceptors (Lipinski definition) is 3. The summed E-state index contributed by atoms with van der Waals surface area (Å²) in [4.78, 5) is 14.0. The van der Waals surface area contributed by atoms with Gasteiger partial charge in [0, 0.05) is 19.5 Å². The molecule has 1 amide bonds. The van der Waals surface area contributed by atoms with Crippen molar-refractivity contribution in [2.24, 2.45) is 0 Å². The molecule has 2 aliphatic heterocycles. The molecule has 1 fully saturated rings. The number of benzene rings is 1. The van der Waals surface area contributed by atoms with Gasteiger partial charge in [-0.2, -0.15) is 0 Å². The van der Waals surface area contributed by atoms with Crippen molar-refractivity contribution in [2.75, 3.05) is 19.9 Å². The number of carbonyl (C=O) groups excluding carboxylic acids is 1. The van der Waals surface area contributed by atoms with E-state index in [9.17, 15) is 4.79 Å². The minimum Gasteiger partial charge on any atom is -0.454 e. The highest BCUT2D eigenvalue weighted by atomic mass is 16.7. The molecule has 136 valence electrons. The number of hydrogen-bond donors (Lipinski definition) is 0. The predicted octanol–water partition coefficient (Wildman–Crippen LogP) is 4.78. The first-order valence-electron chi connectivity index (χ1n) is 9.67. The van der Waals surface area contributed by atoms with E-state index in [-0.39, 0.29) is 0 Å². The Hall–Kier alpha value is -1.97. The topological polar surface area (TPSA) is 38.8 Å². The summed E-state index contributed by atoms with van der Waals surface area (Å²) in [5.41, 5.74) is 1.16. The van der Waals surface area contributed by atoms with E-state index in [1.54, 1.807) is 0 Å². The third kappa shape index (κ3) is 5.52. The van der Waals surface area contributed by atoms with Crippen molar-refractivity contribution in [3.05, 3.63) is 29.8 Å². The van der Waals surface area contributed by atoms with E-state index >= 15 is 0 Å². The van der Waals surface area contributed by atoms with Crippen LogP contribution in [0.3, 0.4) is 0 Å². The quantitative estimate of drug-likeness (QED) is 0.606. The van der Waals surface area contributed by atoms with Crippen molar-refractivity contribution < 1.29 is 14.3 Å². The lowest BCUT2D eigenvalue weighted by molar-refractivity contribution is -0.130. The maximum atomic E-state index is 11.9. The summed E-state index contributed by atoms with van der Waals surface area (Å²) >= 11 is 0. The second-order valence-electron chi connectivity index (χ2n) is 6.91. The van der Waals surface area contributed by atoms with Gasteiger partial charge in [-0.1, -0.05) is 37.5 Å². The molecule has 4 heteroatoms. The van der Waals surface area contributed by atoms with Crippen LogP contribution in [0.25, 0.3) is 6.08 Å². The Balaban J connectivity index is 1.21. The molecule has 1 aromatic carbocycles. The Morgan fingerprint density at radius 3 is 2.64 bits per heavy atom. The molecule has 4 nitrogen and oxygen atoms in total. The van der Waals surface area contributed by atoms with E-state index in [1.807, 2.05) is 17.0 Å². The number of amides is 1. The molecule has 0 atom stereocenters. The van der Waals surface area contributed by atoms with Gasteiger partial charge >= 0.3 is 0 Å². The normalized spacial score (nSPS) is 16.1. The number of allylic oxidation sites excluding steroid dienone is 1. The van der Waals surface area contributed by atoms with Crippen molar-refractivity contribution in [3.63, 3.8) is 0 Å². The standard InChI is InChI=1S/C21H29NO3/c23-21(22-14-8-9-15-22)11-7-5-3-1-2-4-6-10-18-12-13-19-20(16-18)25-17-24-19/h6,10,12-13,16H,1-5,7-9,11,14-15,17H2. The second-order valence-corrected chi connectivity index (χ2v) is 6.91. The molecule has 2 heterocycles. The fraction of sp³-hybridized carbons (Fsp3) is 0.571. The van der Waals surface area contributed by atoms with Crippen LogP contribution in [0.5, 0.6) is 11.5 Å². The molecule has 0 aliphatic carbocycles. The SMILES string of the molecule is O=C(CCCCCCCC=Cc1ccc2c(c1)OCO2)N1CCCC1. The first-order valence-corrected chi connectivity index (χ1v) is 9.67. The monoisotopic (exact) mass is 343 g/mol. The zero-order valence-corrected chi connectivity index (χ0v) is 15.0. The third-order valence-corrected chi connectivity index (χ3v) is 4.93. The van der Waals surface area contributed by atoms with Gasteiger partial charge in [0.05, 0.1) is 0 Å². The van der Waals surface area contributed by atoms with Gasteiger partial charge in [-0.25, -0.2) is 0 Å². The second kappa shape index (κ2) is 9.50. The zero-order chi connectivity index (χ0) is 17.3. The lowest BCUT2D eigenvalue weighted by atomic mass is 10.1. The molecule has 0 saturated carbocycles. The molecule has 1 aromatic rings. The molecule has 0 unspecified atom stereocenters. The van der Waals surface area contributed by atoms with Crippen molar-refractivity contribution >= 4 is 12.0 Å². The van der Waals surface area contributed by atoms with Crippen LogP contribution < -0.4 is 9.47 Å². The Morgan fingerprint density at radius 1 is 1.00 bits per heavy atom. The minimum atomic E-state index is 0.326. The van der Waals surface area contributed by atoms with Gasteiger partial charge in [0.2, 0.25) is 12.7 Å². The lowest BCUT2D eigenvalue weighted by Crippen LogP contribution is -2.27. The van der Waals surface area contributed by atoms with Crippen molar-refractivity contribution in [1.29, 1.82) is 0 Å². The van der Waals surface area contributed by atoms with E-state index in [4.69, 9.17) is 9.47 Å². The minimum absolute atomic E-state index is 0.326. The third-order valence-electron chi connectivity index (χ3n) is 4.93. The first kappa shape index (κ1) is 17.8. The van der Waals surface area contributed by atoms with Crippen LogP contribution in [0.4, 0.5) is 0 Å². The molecule has 0 radical (unpaired) electrons. The Morgan fingerprint density at radius 2 is 1.76 bits per heavy atom. The Bertz CT molecular complexity index is 591. The average Bonchev–Trinajstić information content (AvgIpc) is 3.31. The van der Waals surface area contributed by atoms with Crippen molar-refractivity contribution in [1.82, 2.24) is 4.90 Å². The molecule has 25 heavy (non-hydrogen) atoms. The summed E-state index contributed by atoms with van der Waals surface area (Å²) in [5, 5.41) is 0. The molecule has 0 aromatic heterocycles. The van der Waals surface area contributed by atoms with Crippen LogP contribution in [0.2, 0.25) is 0 Å². The van der Waals surface area contributed by atoms with Crippen LogP contribution >= 0.6 is 0 Å². The smallest absolute Gasteiger partial charge is 0.231 e. The van der Waals surface area contributed by atoms with Crippen molar-refractivity contribution in [2.45, 2.75) is 57.8 Å². The van der Waals surface area contributed by atoms with Crippen LogP contribution in [0.1, 0.15) is 63.4 Å². The maximum absolute atomic E-state index is 11.9. The van der Waals surface area contributed by atoms with Gasteiger partial charge in [-0.15, -0.1) is 0 Å². The molecule has 0 spiro atoms. The van der Waals surface area contributed by atoms with Gasteiger partial charge in [-0.3, -0.25) is 4.79 Å². The average molecular weight is 343 g/mol. The van der Waals surface area contributed by atoms with Gasteiger partial charge in [-0.05, 0) is 49.8 Å². The van der Waals surface area contributed by atoms with E-state index in [1.165, 1.54) is 38.5 Å². The Kier molecular flexibility index (Phi) is 6.78. The van der Waals surface area contributed by atoms with Gasteiger partial charge in [0.25, 0.3) is 0 Å². The number of rotatable bonds is 9. The van der Waals surface area contributed by atoms with Crippen LogP contribution in [0.15, 0.2) is 24.3 Å². The molecule has 0 bridgehead atoms. The number of nitrogens with zero attached hydrogens (tertiary/aromatic N) is 1. The fourth-order valence-electron chi connectivity index (χ4n) is 3.43. The van der Waals surface area contributed by atoms with Gasteiger partial charge in [0.15, 0.2) is 11.5 Å². The molecule has 0 N–H and O–H groups in total. The van der Waals surface area contributed by atoms with Crippen LogP contribution in [-0.2, 0) is 4.79 Å². The molecule has 3 rings (SSSR count). The van der Waals surface area contributed by atoms with Crippen LogP contribution in [0, 0.1) is 0 Å². The predicted molar refractivity (Wildman–Crippen MR) is 99.7 cm³/mol. The highest BCUT2D eigenvalue weighted by Gasteiger charge is 2.16. The highest BCUT2D eigenvalue weighted by molar-refractivity contribution is 5.76. The Labute approximate surface area is 150 Å². The first-order chi connectivity index (χ1) is 12.3.